The molecule has 0 radical (unpaired) electrons. The molecule has 0 aliphatic rings. The summed E-state index contributed by atoms with van der Waals surface area (Å²) >= 11 is 0. The molecule has 0 aliphatic carbocycles. The fourth-order valence-electron chi connectivity index (χ4n) is 0.562. The molecule has 0 aromatic rings. The number of nitrogens with two attached hydrogens (primary N) is 1. The van der Waals surface area contributed by atoms with Crippen LogP contribution in [0.2, 0.25) is 0 Å². The molecule has 6 heteroatoms. The second-order valence-electron chi connectivity index (χ2n) is 2.26. The van der Waals surface area contributed by atoms with Crippen LogP contribution < -0.4 is 5.73 Å². The van der Waals surface area contributed by atoms with Crippen LogP contribution in [0.15, 0.2) is 11.3 Å². The lowest BCUT2D eigenvalue weighted by Crippen LogP contribution is -2.24. The van der Waals surface area contributed by atoms with Crippen molar-refractivity contribution in [2.75, 3.05) is 6.61 Å². The molecule has 0 atom stereocenters. The van der Waals surface area contributed by atoms with Gasteiger partial charge in [-0.3, -0.25) is 0 Å². The Bertz CT molecular complexity index is 232. The second kappa shape index (κ2) is 4.15. The SMILES string of the molecule is CCOC(=O)/C(C)=C(\N)C(F)(F)F. The van der Waals surface area contributed by atoms with E-state index in [1.54, 1.807) is 0 Å². The highest BCUT2D eigenvalue weighted by Gasteiger charge is 2.34. The van der Waals surface area contributed by atoms with Gasteiger partial charge in [0.15, 0.2) is 0 Å². The summed E-state index contributed by atoms with van der Waals surface area (Å²) < 4.78 is 40.1. The average Bonchev–Trinajstić information content (AvgIpc) is 2.00. The van der Waals surface area contributed by atoms with Crippen molar-refractivity contribution in [1.29, 1.82) is 0 Å². The lowest BCUT2D eigenvalue weighted by Gasteiger charge is -2.09. The summed E-state index contributed by atoms with van der Waals surface area (Å²) in [6.07, 6.45) is -4.68. The van der Waals surface area contributed by atoms with Crippen molar-refractivity contribution < 1.29 is 22.7 Å². The van der Waals surface area contributed by atoms with Gasteiger partial charge in [-0.05, 0) is 13.8 Å². The fourth-order valence-corrected chi connectivity index (χ4v) is 0.562. The van der Waals surface area contributed by atoms with Gasteiger partial charge in [-0.15, -0.1) is 0 Å². The highest BCUT2D eigenvalue weighted by Crippen LogP contribution is 2.24. The first-order valence-corrected chi connectivity index (χ1v) is 3.51. The molecular formula is C7H10F3NO2. The van der Waals surface area contributed by atoms with E-state index in [9.17, 15) is 18.0 Å². The lowest BCUT2D eigenvalue weighted by atomic mass is 10.2. The quantitative estimate of drug-likeness (QED) is 0.537. The van der Waals surface area contributed by atoms with Crippen molar-refractivity contribution >= 4 is 5.97 Å². The maximum Gasteiger partial charge on any atom is 0.431 e. The largest absolute Gasteiger partial charge is 0.463 e. The van der Waals surface area contributed by atoms with Crippen LogP contribution in [-0.4, -0.2) is 18.8 Å². The Labute approximate surface area is 73.4 Å². The molecule has 0 bridgehead atoms. The minimum absolute atomic E-state index is 0.0152. The Morgan fingerprint density at radius 2 is 1.92 bits per heavy atom. The van der Waals surface area contributed by atoms with Crippen LogP contribution in [0, 0.1) is 0 Å². The summed E-state index contributed by atoms with van der Waals surface area (Å²) in [6, 6.07) is 0. The zero-order chi connectivity index (χ0) is 10.6. The summed E-state index contributed by atoms with van der Waals surface area (Å²) in [5.74, 6) is -1.04. The van der Waals surface area contributed by atoms with E-state index in [4.69, 9.17) is 0 Å². The number of carbonyl (C=O) groups excluding carboxylic acids is 1. The number of hydrogen-bond donors (Lipinski definition) is 1. The number of rotatable bonds is 2. The molecule has 0 aromatic carbocycles. The van der Waals surface area contributed by atoms with Crippen molar-refractivity contribution in [2.24, 2.45) is 5.73 Å². The van der Waals surface area contributed by atoms with Crippen molar-refractivity contribution in [1.82, 2.24) is 0 Å². The van der Waals surface area contributed by atoms with E-state index in [2.05, 4.69) is 10.5 Å². The number of halogens is 3. The third kappa shape index (κ3) is 3.35. The predicted molar refractivity (Wildman–Crippen MR) is 39.6 cm³/mol. The van der Waals surface area contributed by atoms with Crippen LogP contribution in [0.3, 0.4) is 0 Å². The fraction of sp³-hybridized carbons (Fsp3) is 0.571. The van der Waals surface area contributed by atoms with E-state index < -0.39 is 23.4 Å². The Balaban J connectivity index is 4.72. The Morgan fingerprint density at radius 3 is 2.23 bits per heavy atom. The molecule has 0 amide bonds. The minimum Gasteiger partial charge on any atom is -0.463 e. The first-order valence-electron chi connectivity index (χ1n) is 3.51. The molecular weight excluding hydrogens is 187 g/mol. The summed E-state index contributed by atoms with van der Waals surface area (Å²) in [7, 11) is 0. The predicted octanol–water partition coefficient (Wildman–Crippen LogP) is 1.34. The van der Waals surface area contributed by atoms with Crippen LogP contribution in [0.1, 0.15) is 13.8 Å². The van der Waals surface area contributed by atoms with Crippen molar-refractivity contribution in [3.8, 4) is 0 Å². The van der Waals surface area contributed by atoms with E-state index in [1.165, 1.54) is 6.92 Å². The summed E-state index contributed by atoms with van der Waals surface area (Å²) in [5, 5.41) is 0. The van der Waals surface area contributed by atoms with Crippen LogP contribution in [0.5, 0.6) is 0 Å². The Kier molecular flexibility index (Phi) is 3.77. The monoisotopic (exact) mass is 197 g/mol. The van der Waals surface area contributed by atoms with Gasteiger partial charge in [-0.2, -0.15) is 13.2 Å². The molecule has 76 valence electrons. The van der Waals surface area contributed by atoms with E-state index in [0.29, 0.717) is 0 Å². The van der Waals surface area contributed by atoms with E-state index >= 15 is 0 Å². The van der Waals surface area contributed by atoms with Gasteiger partial charge in [-0.1, -0.05) is 0 Å². The third-order valence-electron chi connectivity index (χ3n) is 1.29. The molecule has 0 saturated carbocycles. The van der Waals surface area contributed by atoms with Crippen LogP contribution in [0.4, 0.5) is 13.2 Å². The summed E-state index contributed by atoms with van der Waals surface area (Å²) in [5.41, 5.74) is 2.65. The maximum atomic E-state index is 11.9. The van der Waals surface area contributed by atoms with E-state index in [1.807, 2.05) is 0 Å². The lowest BCUT2D eigenvalue weighted by molar-refractivity contribution is -0.139. The molecule has 0 spiro atoms. The number of allylic oxidation sites excluding steroid dienone is 1. The van der Waals surface area contributed by atoms with Crippen molar-refractivity contribution in [3.63, 3.8) is 0 Å². The van der Waals surface area contributed by atoms with Gasteiger partial charge in [0.1, 0.15) is 5.70 Å². The highest BCUT2D eigenvalue weighted by molar-refractivity contribution is 5.88. The second-order valence-corrected chi connectivity index (χ2v) is 2.26. The van der Waals surface area contributed by atoms with Crippen molar-refractivity contribution in [3.05, 3.63) is 11.3 Å². The third-order valence-corrected chi connectivity index (χ3v) is 1.29. The number of hydrogen-bond acceptors (Lipinski definition) is 3. The number of carbonyl (C=O) groups is 1. The average molecular weight is 197 g/mol. The van der Waals surface area contributed by atoms with Crippen LogP contribution >= 0.6 is 0 Å². The topological polar surface area (TPSA) is 52.3 Å². The molecule has 0 heterocycles. The van der Waals surface area contributed by atoms with E-state index in [-0.39, 0.29) is 6.61 Å². The number of esters is 1. The maximum absolute atomic E-state index is 11.9. The summed E-state index contributed by atoms with van der Waals surface area (Å²) in [4.78, 5) is 10.8. The Morgan fingerprint density at radius 1 is 1.46 bits per heavy atom. The normalized spacial score (nSPS) is 13.6. The van der Waals surface area contributed by atoms with E-state index in [0.717, 1.165) is 6.92 Å². The Hall–Kier alpha value is -1.20. The van der Waals surface area contributed by atoms with Gasteiger partial charge in [0.2, 0.25) is 0 Å². The molecule has 2 N–H and O–H groups in total. The smallest absolute Gasteiger partial charge is 0.431 e. The van der Waals surface area contributed by atoms with Crippen LogP contribution in [-0.2, 0) is 9.53 Å². The highest BCUT2D eigenvalue weighted by atomic mass is 19.4. The molecule has 13 heavy (non-hydrogen) atoms. The molecule has 0 saturated heterocycles. The first-order chi connectivity index (χ1) is 5.80. The zero-order valence-electron chi connectivity index (χ0n) is 7.23. The summed E-state index contributed by atoms with van der Waals surface area (Å²) in [6.45, 7) is 2.48. The van der Waals surface area contributed by atoms with Gasteiger partial charge in [-0.25, -0.2) is 4.79 Å². The molecule has 0 aliphatic heterocycles. The molecule has 0 unspecified atom stereocenters. The molecule has 0 fully saturated rings. The molecule has 0 rings (SSSR count). The van der Waals surface area contributed by atoms with Gasteiger partial charge in [0, 0.05) is 0 Å². The van der Waals surface area contributed by atoms with Gasteiger partial charge in [0.05, 0.1) is 12.2 Å². The molecule has 3 nitrogen and oxygen atoms in total. The number of ether oxygens (including phenoxy) is 1. The van der Waals surface area contributed by atoms with Gasteiger partial charge < -0.3 is 10.5 Å². The van der Waals surface area contributed by atoms with Crippen molar-refractivity contribution in [2.45, 2.75) is 20.0 Å². The standard InChI is InChI=1S/C7H10F3NO2/c1-3-13-6(12)4(2)5(11)7(8,9)10/h3,11H2,1-2H3/b5-4-. The molecule has 0 aromatic heterocycles. The zero-order valence-corrected chi connectivity index (χ0v) is 7.23. The first kappa shape index (κ1) is 11.8. The van der Waals surface area contributed by atoms with Crippen LogP contribution in [0.25, 0.3) is 0 Å². The number of alkyl halides is 3. The van der Waals surface area contributed by atoms with Gasteiger partial charge in [0.25, 0.3) is 0 Å². The minimum atomic E-state index is -4.68. The van der Waals surface area contributed by atoms with Gasteiger partial charge >= 0.3 is 12.1 Å².